The summed E-state index contributed by atoms with van der Waals surface area (Å²) >= 11 is 0. The average Bonchev–Trinajstić information content (AvgIpc) is 2.53. The van der Waals surface area contributed by atoms with Crippen molar-refractivity contribution in [3.63, 3.8) is 0 Å². The van der Waals surface area contributed by atoms with E-state index in [0.29, 0.717) is 6.04 Å². The molecule has 1 aromatic carbocycles. The summed E-state index contributed by atoms with van der Waals surface area (Å²) in [6, 6.07) is 11.7. The van der Waals surface area contributed by atoms with Crippen LogP contribution in [0.15, 0.2) is 30.3 Å². The zero-order valence-corrected chi connectivity index (χ0v) is 13.0. The molecule has 1 unspecified atom stereocenters. The van der Waals surface area contributed by atoms with Crippen LogP contribution < -0.4 is 5.32 Å². The Bertz CT molecular complexity index is 370. The lowest BCUT2D eigenvalue weighted by Crippen LogP contribution is -2.51. The van der Waals surface area contributed by atoms with Gasteiger partial charge in [-0.2, -0.15) is 0 Å². The molecule has 1 saturated heterocycles. The van der Waals surface area contributed by atoms with Crippen LogP contribution in [0, 0.1) is 0 Å². The SMILES string of the molecule is CCCCC(NCC)C1(c2ccccc2)CCOCC1. The molecule has 1 fully saturated rings. The normalized spacial score (nSPS) is 19.7. The molecule has 112 valence electrons. The molecule has 0 aromatic heterocycles. The Labute approximate surface area is 123 Å². The van der Waals surface area contributed by atoms with Gasteiger partial charge < -0.3 is 10.1 Å². The predicted octanol–water partition coefficient (Wildman–Crippen LogP) is 3.90. The molecule has 20 heavy (non-hydrogen) atoms. The molecule has 2 rings (SSSR count). The third kappa shape index (κ3) is 3.42. The number of benzene rings is 1. The summed E-state index contributed by atoms with van der Waals surface area (Å²) in [5.41, 5.74) is 1.75. The molecule has 2 heteroatoms. The summed E-state index contributed by atoms with van der Waals surface area (Å²) in [5.74, 6) is 0. The van der Waals surface area contributed by atoms with Crippen LogP contribution in [0.5, 0.6) is 0 Å². The second-order valence-corrected chi connectivity index (χ2v) is 5.89. The summed E-state index contributed by atoms with van der Waals surface area (Å²) in [7, 11) is 0. The molecule has 0 saturated carbocycles. The molecule has 1 aliphatic heterocycles. The first kappa shape index (κ1) is 15.5. The molecule has 0 radical (unpaired) electrons. The minimum atomic E-state index is 0.255. The molecule has 0 aliphatic carbocycles. The number of unbranched alkanes of at least 4 members (excludes halogenated alkanes) is 1. The summed E-state index contributed by atoms with van der Waals surface area (Å²) in [6.07, 6.45) is 6.10. The van der Waals surface area contributed by atoms with Crippen LogP contribution in [-0.4, -0.2) is 25.8 Å². The molecule has 1 atom stereocenters. The van der Waals surface area contributed by atoms with Crippen molar-refractivity contribution in [1.82, 2.24) is 5.32 Å². The number of rotatable bonds is 7. The smallest absolute Gasteiger partial charge is 0.0475 e. The molecule has 0 bridgehead atoms. The maximum Gasteiger partial charge on any atom is 0.0475 e. The van der Waals surface area contributed by atoms with Crippen LogP contribution in [0.3, 0.4) is 0 Å². The number of nitrogens with one attached hydrogen (secondary N) is 1. The second-order valence-electron chi connectivity index (χ2n) is 5.89. The minimum Gasteiger partial charge on any atom is -0.381 e. The van der Waals surface area contributed by atoms with E-state index in [1.165, 1.54) is 24.8 Å². The zero-order valence-electron chi connectivity index (χ0n) is 13.0. The minimum absolute atomic E-state index is 0.255. The van der Waals surface area contributed by atoms with Crippen molar-refractivity contribution in [2.24, 2.45) is 0 Å². The first-order valence-electron chi connectivity index (χ1n) is 8.20. The molecule has 2 nitrogen and oxygen atoms in total. The van der Waals surface area contributed by atoms with E-state index in [9.17, 15) is 0 Å². The Kier molecular flexibility index (Phi) is 6.06. The van der Waals surface area contributed by atoms with Crippen molar-refractivity contribution in [2.75, 3.05) is 19.8 Å². The molecular formula is C18H29NO. The molecule has 1 heterocycles. The molecule has 1 aliphatic rings. The van der Waals surface area contributed by atoms with Gasteiger partial charge >= 0.3 is 0 Å². The first-order chi connectivity index (χ1) is 9.83. The first-order valence-corrected chi connectivity index (χ1v) is 8.20. The number of hydrogen-bond acceptors (Lipinski definition) is 2. The van der Waals surface area contributed by atoms with E-state index in [0.717, 1.165) is 32.6 Å². The highest BCUT2D eigenvalue weighted by atomic mass is 16.5. The van der Waals surface area contributed by atoms with E-state index >= 15 is 0 Å². The van der Waals surface area contributed by atoms with Gasteiger partial charge in [0.2, 0.25) is 0 Å². The standard InChI is InChI=1S/C18H29NO/c1-3-5-11-17(19-4-2)18(12-14-20-15-13-18)16-9-7-6-8-10-16/h6-10,17,19H,3-5,11-15H2,1-2H3. The lowest BCUT2D eigenvalue weighted by atomic mass is 9.67. The van der Waals surface area contributed by atoms with E-state index in [4.69, 9.17) is 4.74 Å². The van der Waals surface area contributed by atoms with Gasteiger partial charge in [-0.3, -0.25) is 0 Å². The van der Waals surface area contributed by atoms with Crippen molar-refractivity contribution in [3.8, 4) is 0 Å². The van der Waals surface area contributed by atoms with Crippen molar-refractivity contribution in [1.29, 1.82) is 0 Å². The van der Waals surface area contributed by atoms with Crippen LogP contribution in [0.1, 0.15) is 51.5 Å². The summed E-state index contributed by atoms with van der Waals surface area (Å²) < 4.78 is 5.65. The highest BCUT2D eigenvalue weighted by Crippen LogP contribution is 2.39. The Balaban J connectivity index is 2.28. The van der Waals surface area contributed by atoms with Crippen molar-refractivity contribution in [2.45, 2.75) is 57.4 Å². The molecule has 1 N–H and O–H groups in total. The molecule has 0 spiro atoms. The fourth-order valence-corrected chi connectivity index (χ4v) is 3.57. The van der Waals surface area contributed by atoms with Crippen molar-refractivity contribution < 1.29 is 4.74 Å². The lowest BCUT2D eigenvalue weighted by molar-refractivity contribution is 0.0328. The number of likely N-dealkylation sites (N-methyl/N-ethyl adjacent to an activating group) is 1. The Morgan fingerprint density at radius 2 is 1.85 bits per heavy atom. The van der Waals surface area contributed by atoms with Crippen LogP contribution in [-0.2, 0) is 10.2 Å². The van der Waals surface area contributed by atoms with Gasteiger partial charge in [-0.1, -0.05) is 57.0 Å². The van der Waals surface area contributed by atoms with Gasteiger partial charge in [0.25, 0.3) is 0 Å². The summed E-state index contributed by atoms with van der Waals surface area (Å²) in [6.45, 7) is 7.33. The Morgan fingerprint density at radius 1 is 1.15 bits per heavy atom. The number of ether oxygens (including phenoxy) is 1. The van der Waals surface area contributed by atoms with E-state index < -0.39 is 0 Å². The quantitative estimate of drug-likeness (QED) is 0.815. The van der Waals surface area contributed by atoms with Gasteiger partial charge in [0.1, 0.15) is 0 Å². The summed E-state index contributed by atoms with van der Waals surface area (Å²) in [4.78, 5) is 0. The maximum atomic E-state index is 5.65. The van der Waals surface area contributed by atoms with Gasteiger partial charge in [-0.25, -0.2) is 0 Å². The van der Waals surface area contributed by atoms with Gasteiger partial charge in [0, 0.05) is 24.7 Å². The van der Waals surface area contributed by atoms with Crippen LogP contribution in [0.4, 0.5) is 0 Å². The van der Waals surface area contributed by atoms with Gasteiger partial charge in [0.05, 0.1) is 0 Å². The fourth-order valence-electron chi connectivity index (χ4n) is 3.57. The van der Waals surface area contributed by atoms with E-state index in [1.807, 2.05) is 0 Å². The Hall–Kier alpha value is -0.860. The van der Waals surface area contributed by atoms with Crippen LogP contribution in [0.25, 0.3) is 0 Å². The zero-order chi connectivity index (χ0) is 14.3. The maximum absolute atomic E-state index is 5.65. The van der Waals surface area contributed by atoms with E-state index in [-0.39, 0.29) is 5.41 Å². The highest BCUT2D eigenvalue weighted by Gasteiger charge is 2.40. The highest BCUT2D eigenvalue weighted by molar-refractivity contribution is 5.28. The van der Waals surface area contributed by atoms with E-state index in [1.54, 1.807) is 0 Å². The Morgan fingerprint density at radius 3 is 2.45 bits per heavy atom. The fraction of sp³-hybridized carbons (Fsp3) is 0.667. The largest absolute Gasteiger partial charge is 0.381 e. The molecule has 0 amide bonds. The number of hydrogen-bond donors (Lipinski definition) is 1. The van der Waals surface area contributed by atoms with Crippen LogP contribution >= 0.6 is 0 Å². The third-order valence-corrected chi connectivity index (χ3v) is 4.70. The summed E-state index contributed by atoms with van der Waals surface area (Å²) in [5, 5.41) is 3.77. The molecule has 1 aromatic rings. The van der Waals surface area contributed by atoms with Gasteiger partial charge in [-0.05, 0) is 31.4 Å². The average molecular weight is 275 g/mol. The second kappa shape index (κ2) is 7.80. The third-order valence-electron chi connectivity index (χ3n) is 4.70. The van der Waals surface area contributed by atoms with Gasteiger partial charge in [-0.15, -0.1) is 0 Å². The van der Waals surface area contributed by atoms with Crippen LogP contribution in [0.2, 0.25) is 0 Å². The monoisotopic (exact) mass is 275 g/mol. The van der Waals surface area contributed by atoms with Crippen molar-refractivity contribution in [3.05, 3.63) is 35.9 Å². The predicted molar refractivity (Wildman–Crippen MR) is 85.2 cm³/mol. The topological polar surface area (TPSA) is 21.3 Å². The van der Waals surface area contributed by atoms with Gasteiger partial charge in [0.15, 0.2) is 0 Å². The van der Waals surface area contributed by atoms with E-state index in [2.05, 4.69) is 49.5 Å². The molecular weight excluding hydrogens is 246 g/mol. The van der Waals surface area contributed by atoms with Crippen molar-refractivity contribution >= 4 is 0 Å². The lowest BCUT2D eigenvalue weighted by Gasteiger charge is -2.44.